The summed E-state index contributed by atoms with van der Waals surface area (Å²) in [7, 11) is 1.36. The zero-order valence-corrected chi connectivity index (χ0v) is 21.1. The van der Waals surface area contributed by atoms with Crippen LogP contribution in [0.15, 0.2) is 53.5 Å². The number of benzene rings is 2. The van der Waals surface area contributed by atoms with Gasteiger partial charge in [0.1, 0.15) is 5.69 Å². The van der Waals surface area contributed by atoms with Gasteiger partial charge in [0.25, 0.3) is 5.56 Å². The molecule has 2 atom stereocenters. The van der Waals surface area contributed by atoms with Crippen molar-refractivity contribution in [2.24, 2.45) is 5.92 Å². The van der Waals surface area contributed by atoms with Crippen molar-refractivity contribution in [3.05, 3.63) is 64.6 Å². The number of piperidine rings is 1. The number of rotatable bonds is 6. The Morgan fingerprint density at radius 1 is 1.14 bits per heavy atom. The molecule has 2 saturated heterocycles. The number of hydrogen-bond donors (Lipinski definition) is 1. The topological polar surface area (TPSA) is 87.4 Å². The second kappa shape index (κ2) is 10.1. The van der Waals surface area contributed by atoms with Crippen LogP contribution >= 0.6 is 0 Å². The molecule has 2 aromatic heterocycles. The molecule has 2 aromatic carbocycles. The normalized spacial score (nSPS) is 20.0. The van der Waals surface area contributed by atoms with Crippen LogP contribution in [0.25, 0.3) is 33.2 Å². The molecule has 2 fully saturated rings. The minimum atomic E-state index is -0.429. The molecule has 37 heavy (non-hydrogen) atoms. The minimum absolute atomic E-state index is 0.139. The van der Waals surface area contributed by atoms with Gasteiger partial charge in [-0.3, -0.25) is 4.79 Å². The number of aromatic nitrogens is 3. The van der Waals surface area contributed by atoms with E-state index in [4.69, 9.17) is 14.5 Å². The third-order valence-electron chi connectivity index (χ3n) is 7.68. The number of hydrogen-bond acceptors (Lipinski definition) is 6. The van der Waals surface area contributed by atoms with E-state index in [0.29, 0.717) is 34.8 Å². The molecular weight excluding hydrogens is 468 g/mol. The molecule has 4 aromatic rings. The molecule has 0 aliphatic carbocycles. The summed E-state index contributed by atoms with van der Waals surface area (Å²) < 4.78 is 14.8. The number of carbonyl (C=O) groups excluding carboxylic acids is 1. The molecule has 1 N–H and O–H groups in total. The predicted molar refractivity (Wildman–Crippen MR) is 143 cm³/mol. The minimum Gasteiger partial charge on any atom is -0.465 e. The predicted octanol–water partition coefficient (Wildman–Crippen LogP) is 3.98. The first-order chi connectivity index (χ1) is 18.1. The highest BCUT2D eigenvalue weighted by molar-refractivity contribution is 5.97. The van der Waals surface area contributed by atoms with Crippen molar-refractivity contribution >= 4 is 27.9 Å². The maximum absolute atomic E-state index is 14.1. The number of nitrogens with one attached hydrogen (secondary N) is 1. The first-order valence-corrected chi connectivity index (χ1v) is 13.2. The van der Waals surface area contributed by atoms with Gasteiger partial charge in [0.15, 0.2) is 0 Å². The Kier molecular flexibility index (Phi) is 6.52. The van der Waals surface area contributed by atoms with Gasteiger partial charge in [0.05, 0.1) is 29.8 Å². The van der Waals surface area contributed by atoms with Crippen molar-refractivity contribution in [1.29, 1.82) is 0 Å². The fourth-order valence-corrected chi connectivity index (χ4v) is 5.77. The zero-order valence-electron chi connectivity index (χ0n) is 21.1. The van der Waals surface area contributed by atoms with Crippen molar-refractivity contribution in [1.82, 2.24) is 19.4 Å². The molecular formula is C29H32N4O4. The highest BCUT2D eigenvalue weighted by Crippen LogP contribution is 2.30. The summed E-state index contributed by atoms with van der Waals surface area (Å²) in [6.45, 7) is 3.99. The van der Waals surface area contributed by atoms with Gasteiger partial charge < -0.3 is 23.9 Å². The number of ether oxygens (including phenoxy) is 2. The monoisotopic (exact) mass is 500 g/mol. The van der Waals surface area contributed by atoms with E-state index in [0.717, 1.165) is 68.4 Å². The molecule has 2 aliphatic rings. The first kappa shape index (κ1) is 23.9. The second-order valence-electron chi connectivity index (χ2n) is 10.1. The maximum Gasteiger partial charge on any atom is 0.337 e. The van der Waals surface area contributed by atoms with Crippen molar-refractivity contribution in [2.45, 2.75) is 44.9 Å². The highest BCUT2D eigenvalue weighted by Gasteiger charge is 2.23. The molecule has 8 nitrogen and oxygen atoms in total. The third kappa shape index (κ3) is 4.55. The van der Waals surface area contributed by atoms with E-state index in [-0.39, 0.29) is 11.7 Å². The van der Waals surface area contributed by atoms with Gasteiger partial charge in [-0.1, -0.05) is 18.2 Å². The average molecular weight is 501 g/mol. The van der Waals surface area contributed by atoms with Gasteiger partial charge in [-0.25, -0.2) is 9.78 Å². The molecule has 0 amide bonds. The highest BCUT2D eigenvalue weighted by atomic mass is 16.5. The molecule has 2 unspecified atom stereocenters. The van der Waals surface area contributed by atoms with Crippen LogP contribution in [-0.4, -0.2) is 53.0 Å². The van der Waals surface area contributed by atoms with E-state index >= 15 is 0 Å². The van der Waals surface area contributed by atoms with Crippen LogP contribution in [0.5, 0.6) is 0 Å². The van der Waals surface area contributed by atoms with Crippen molar-refractivity contribution in [2.75, 3.05) is 26.8 Å². The summed E-state index contributed by atoms with van der Waals surface area (Å²) in [5.74, 6) is -0.103. The van der Waals surface area contributed by atoms with Crippen LogP contribution < -0.4 is 10.9 Å². The molecule has 0 saturated carbocycles. The number of esters is 1. The van der Waals surface area contributed by atoms with E-state index in [1.807, 2.05) is 22.8 Å². The van der Waals surface area contributed by atoms with Gasteiger partial charge >= 0.3 is 5.97 Å². The van der Waals surface area contributed by atoms with Crippen LogP contribution in [0.4, 0.5) is 0 Å². The summed E-state index contributed by atoms with van der Waals surface area (Å²) >= 11 is 0. The van der Waals surface area contributed by atoms with E-state index in [2.05, 4.69) is 28.2 Å². The fourth-order valence-electron chi connectivity index (χ4n) is 5.77. The summed E-state index contributed by atoms with van der Waals surface area (Å²) in [5.41, 5.74) is 3.94. The first-order valence-electron chi connectivity index (χ1n) is 13.2. The molecule has 192 valence electrons. The summed E-state index contributed by atoms with van der Waals surface area (Å²) in [5, 5.41) is 4.45. The summed E-state index contributed by atoms with van der Waals surface area (Å²) in [6, 6.07) is 13.4. The molecule has 6 rings (SSSR count). The molecule has 4 heterocycles. The number of nitrogens with zero attached hydrogens (tertiary/aromatic N) is 3. The van der Waals surface area contributed by atoms with Crippen molar-refractivity contribution < 1.29 is 14.3 Å². The number of fused-ring (bicyclic) bond motifs is 2. The van der Waals surface area contributed by atoms with Crippen LogP contribution in [0, 0.1) is 5.92 Å². The molecule has 0 bridgehead atoms. The van der Waals surface area contributed by atoms with E-state index in [9.17, 15) is 9.59 Å². The van der Waals surface area contributed by atoms with Crippen molar-refractivity contribution in [3.63, 3.8) is 0 Å². The standard InChI is InChI=1S/C29H32N4O4/c1-36-29(35)20-10-11-24-26(14-20)33(16-19-6-4-12-30-15-19)28(34)27(31-24)23-18-32(17-21-7-5-13-37-21)25-9-3-2-8-22(23)25/h2-3,8-11,14,18-19,21,30H,4-7,12-13,15-17H2,1H3. The Hall–Kier alpha value is -3.49. The second-order valence-corrected chi connectivity index (χ2v) is 10.1. The Bertz CT molecular complexity index is 1510. The Morgan fingerprint density at radius 3 is 2.81 bits per heavy atom. The largest absolute Gasteiger partial charge is 0.465 e. The molecule has 8 heteroatoms. The van der Waals surface area contributed by atoms with Crippen LogP contribution in [0.3, 0.4) is 0 Å². The Labute approximate surface area is 215 Å². The third-order valence-corrected chi connectivity index (χ3v) is 7.68. The van der Waals surface area contributed by atoms with Gasteiger partial charge in [0.2, 0.25) is 0 Å². The van der Waals surface area contributed by atoms with Crippen LogP contribution in [-0.2, 0) is 22.6 Å². The van der Waals surface area contributed by atoms with Gasteiger partial charge in [0, 0.05) is 42.4 Å². The van der Waals surface area contributed by atoms with Gasteiger partial charge in [-0.15, -0.1) is 0 Å². The SMILES string of the molecule is COC(=O)c1ccc2nc(-c3cn(CC4CCCO4)c4ccccc34)c(=O)n(CC3CCCNC3)c2c1. The number of carbonyl (C=O) groups is 1. The average Bonchev–Trinajstić information content (AvgIpc) is 3.58. The van der Waals surface area contributed by atoms with Gasteiger partial charge in [-0.05, 0) is 69.0 Å². The quantitative estimate of drug-likeness (QED) is 0.403. The molecule has 2 aliphatic heterocycles. The smallest absolute Gasteiger partial charge is 0.337 e. The van der Waals surface area contributed by atoms with Crippen LogP contribution in [0.2, 0.25) is 0 Å². The Morgan fingerprint density at radius 2 is 2.03 bits per heavy atom. The van der Waals surface area contributed by atoms with Crippen molar-refractivity contribution in [3.8, 4) is 11.3 Å². The number of para-hydroxylation sites is 1. The van der Waals surface area contributed by atoms with Crippen LogP contribution in [0.1, 0.15) is 36.0 Å². The lowest BCUT2D eigenvalue weighted by Gasteiger charge is -2.24. The van der Waals surface area contributed by atoms with E-state index in [1.165, 1.54) is 7.11 Å². The summed E-state index contributed by atoms with van der Waals surface area (Å²) in [4.78, 5) is 31.3. The maximum atomic E-state index is 14.1. The lowest BCUT2D eigenvalue weighted by Crippen LogP contribution is -2.35. The lowest BCUT2D eigenvalue weighted by molar-refractivity contribution is 0.0601. The number of methoxy groups -OCH3 is 1. The fraction of sp³-hybridized carbons (Fsp3) is 0.414. The van der Waals surface area contributed by atoms with E-state index in [1.54, 1.807) is 12.1 Å². The van der Waals surface area contributed by atoms with E-state index < -0.39 is 5.97 Å². The Balaban J connectivity index is 1.52. The lowest BCUT2D eigenvalue weighted by atomic mass is 9.99. The molecule has 0 spiro atoms. The van der Waals surface area contributed by atoms with Gasteiger partial charge in [-0.2, -0.15) is 0 Å². The zero-order chi connectivity index (χ0) is 25.4. The molecule has 0 radical (unpaired) electrons. The summed E-state index contributed by atoms with van der Waals surface area (Å²) in [6.07, 6.45) is 6.49.